The molecule has 20 heavy (non-hydrogen) atoms. The maximum Gasteiger partial charge on any atom is 0.0595 e. The second-order valence-corrected chi connectivity index (χ2v) is 6.48. The zero-order valence-corrected chi connectivity index (χ0v) is 13.1. The normalized spacial score (nSPS) is 24.0. The summed E-state index contributed by atoms with van der Waals surface area (Å²) in [5, 5.41) is 10.1. The minimum Gasteiger partial charge on any atom is -0.396 e. The van der Waals surface area contributed by atoms with E-state index in [1.165, 1.54) is 0 Å². The Bertz CT molecular complexity index is 442. The Balaban J connectivity index is 1.95. The molecule has 1 aliphatic rings. The maximum absolute atomic E-state index is 8.95. The average Bonchev–Trinajstić information content (AvgIpc) is 2.40. The van der Waals surface area contributed by atoms with Crippen LogP contribution in [0.4, 0.5) is 0 Å². The number of rotatable bonds is 5. The fourth-order valence-electron chi connectivity index (χ4n) is 2.96. The van der Waals surface area contributed by atoms with Crippen LogP contribution in [0.3, 0.4) is 0 Å². The van der Waals surface area contributed by atoms with Crippen molar-refractivity contribution in [3.8, 4) is 0 Å². The molecular formula is C15H22Cl2N2O. The summed E-state index contributed by atoms with van der Waals surface area (Å²) >= 11 is 12.0. The number of halogens is 2. The first kappa shape index (κ1) is 16.1. The smallest absolute Gasteiger partial charge is 0.0595 e. The molecule has 2 rings (SSSR count). The van der Waals surface area contributed by atoms with Crippen LogP contribution in [-0.4, -0.2) is 35.7 Å². The molecular weight excluding hydrogens is 295 g/mol. The molecule has 0 amide bonds. The van der Waals surface area contributed by atoms with E-state index in [1.54, 1.807) is 0 Å². The molecule has 1 saturated heterocycles. The monoisotopic (exact) mass is 316 g/mol. The van der Waals surface area contributed by atoms with Gasteiger partial charge in [-0.05, 0) is 42.9 Å². The molecule has 1 aromatic carbocycles. The highest BCUT2D eigenvalue weighted by atomic mass is 35.5. The molecule has 3 nitrogen and oxygen atoms in total. The van der Waals surface area contributed by atoms with Crippen molar-refractivity contribution in [3.63, 3.8) is 0 Å². The summed E-state index contributed by atoms with van der Waals surface area (Å²) in [5.74, 6) is 0.577. The van der Waals surface area contributed by atoms with Crippen LogP contribution >= 0.6 is 23.2 Å². The lowest BCUT2D eigenvalue weighted by atomic mass is 9.90. The van der Waals surface area contributed by atoms with Gasteiger partial charge in [0.1, 0.15) is 0 Å². The average molecular weight is 317 g/mol. The summed E-state index contributed by atoms with van der Waals surface area (Å²) in [7, 11) is 0. The van der Waals surface area contributed by atoms with Crippen LogP contribution < -0.4 is 5.73 Å². The van der Waals surface area contributed by atoms with Gasteiger partial charge in [0.05, 0.1) is 10.0 Å². The number of nitrogens with two attached hydrogens (primary N) is 1. The zero-order valence-electron chi connectivity index (χ0n) is 11.6. The van der Waals surface area contributed by atoms with Gasteiger partial charge in [-0.2, -0.15) is 0 Å². The second kappa shape index (κ2) is 7.62. The van der Waals surface area contributed by atoms with Gasteiger partial charge in [-0.3, -0.25) is 4.90 Å². The van der Waals surface area contributed by atoms with Gasteiger partial charge in [0, 0.05) is 32.3 Å². The largest absolute Gasteiger partial charge is 0.396 e. The molecule has 0 saturated carbocycles. The number of likely N-dealkylation sites (tertiary alicyclic amines) is 1. The third-order valence-corrected chi connectivity index (χ3v) is 4.54. The number of hydrogen-bond acceptors (Lipinski definition) is 3. The van der Waals surface area contributed by atoms with E-state index in [4.69, 9.17) is 34.0 Å². The summed E-state index contributed by atoms with van der Waals surface area (Å²) in [5.41, 5.74) is 7.31. The number of aliphatic hydroxyl groups excluding tert-OH is 1. The van der Waals surface area contributed by atoms with E-state index >= 15 is 0 Å². The Labute approximate surface area is 130 Å². The summed E-state index contributed by atoms with van der Waals surface area (Å²) in [6, 6.07) is 5.99. The quantitative estimate of drug-likeness (QED) is 0.878. The Kier molecular flexibility index (Phi) is 6.12. The van der Waals surface area contributed by atoms with Crippen LogP contribution in [0.25, 0.3) is 0 Å². The molecule has 1 heterocycles. The summed E-state index contributed by atoms with van der Waals surface area (Å²) in [6.45, 7) is 3.06. The lowest BCUT2D eigenvalue weighted by Gasteiger charge is -2.36. The van der Waals surface area contributed by atoms with E-state index in [9.17, 15) is 0 Å². The van der Waals surface area contributed by atoms with Crippen LogP contribution in [0.2, 0.25) is 10.0 Å². The molecule has 1 aliphatic heterocycles. The van der Waals surface area contributed by atoms with Gasteiger partial charge in [0.15, 0.2) is 0 Å². The highest BCUT2D eigenvalue weighted by Gasteiger charge is 2.24. The van der Waals surface area contributed by atoms with Crippen molar-refractivity contribution in [1.82, 2.24) is 4.90 Å². The second-order valence-electron chi connectivity index (χ2n) is 5.67. The van der Waals surface area contributed by atoms with Gasteiger partial charge < -0.3 is 10.8 Å². The Morgan fingerprint density at radius 1 is 1.25 bits per heavy atom. The van der Waals surface area contributed by atoms with Crippen LogP contribution in [0.5, 0.6) is 0 Å². The Morgan fingerprint density at radius 2 is 2.05 bits per heavy atom. The van der Waals surface area contributed by atoms with Crippen LogP contribution in [0, 0.1) is 5.92 Å². The van der Waals surface area contributed by atoms with Crippen molar-refractivity contribution < 1.29 is 5.11 Å². The van der Waals surface area contributed by atoms with E-state index in [-0.39, 0.29) is 12.6 Å². The molecule has 112 valence electrons. The molecule has 2 unspecified atom stereocenters. The van der Waals surface area contributed by atoms with Gasteiger partial charge in [0.25, 0.3) is 0 Å². The highest BCUT2D eigenvalue weighted by molar-refractivity contribution is 6.42. The molecule has 1 aromatic rings. The minimum absolute atomic E-state index is 0.218. The molecule has 5 heteroatoms. The molecule has 0 aliphatic carbocycles. The predicted octanol–water partition coefficient (Wildman–Crippen LogP) is 2.92. The molecule has 0 bridgehead atoms. The number of piperidine rings is 1. The van der Waals surface area contributed by atoms with Crippen molar-refractivity contribution in [2.24, 2.45) is 11.7 Å². The van der Waals surface area contributed by atoms with Crippen molar-refractivity contribution in [2.45, 2.75) is 31.8 Å². The molecule has 3 N–H and O–H groups in total. The molecule has 1 fully saturated rings. The number of hydrogen-bond donors (Lipinski definition) is 2. The fourth-order valence-corrected chi connectivity index (χ4v) is 3.28. The van der Waals surface area contributed by atoms with Gasteiger partial charge >= 0.3 is 0 Å². The van der Waals surface area contributed by atoms with Gasteiger partial charge in [-0.15, -0.1) is 0 Å². The van der Waals surface area contributed by atoms with Crippen molar-refractivity contribution in [2.75, 3.05) is 19.7 Å². The third kappa shape index (κ3) is 4.61. The summed E-state index contributed by atoms with van der Waals surface area (Å²) < 4.78 is 0. The van der Waals surface area contributed by atoms with Gasteiger partial charge in [-0.25, -0.2) is 0 Å². The lowest BCUT2D eigenvalue weighted by molar-refractivity contribution is 0.137. The SMILES string of the molecule is NC1CC(CCCO)CN(Cc2ccc(Cl)c(Cl)c2)C1. The summed E-state index contributed by atoms with van der Waals surface area (Å²) in [4.78, 5) is 2.37. The number of benzene rings is 1. The van der Waals surface area contributed by atoms with E-state index in [0.717, 1.165) is 44.5 Å². The number of nitrogens with zero attached hydrogens (tertiary/aromatic N) is 1. The first-order chi connectivity index (χ1) is 9.58. The van der Waals surface area contributed by atoms with Gasteiger partial charge in [0.2, 0.25) is 0 Å². The Morgan fingerprint density at radius 3 is 2.75 bits per heavy atom. The van der Waals surface area contributed by atoms with E-state index in [0.29, 0.717) is 16.0 Å². The van der Waals surface area contributed by atoms with Crippen molar-refractivity contribution in [1.29, 1.82) is 0 Å². The third-order valence-electron chi connectivity index (χ3n) is 3.81. The van der Waals surface area contributed by atoms with E-state index in [2.05, 4.69) is 4.90 Å². The van der Waals surface area contributed by atoms with Crippen LogP contribution in [-0.2, 0) is 6.54 Å². The van der Waals surface area contributed by atoms with Crippen LogP contribution in [0.1, 0.15) is 24.8 Å². The molecule has 0 aromatic heterocycles. The minimum atomic E-state index is 0.218. The number of aliphatic hydroxyl groups is 1. The van der Waals surface area contributed by atoms with Crippen molar-refractivity contribution in [3.05, 3.63) is 33.8 Å². The molecule has 0 radical (unpaired) electrons. The standard InChI is InChI=1S/C15H22Cl2N2O/c16-14-4-3-12(7-15(14)17)9-19-8-11(2-1-5-20)6-13(18)10-19/h3-4,7,11,13,20H,1-2,5-6,8-10,18H2. The first-order valence-corrected chi connectivity index (χ1v) is 7.86. The Hall–Kier alpha value is -0.320. The van der Waals surface area contributed by atoms with E-state index in [1.807, 2.05) is 18.2 Å². The topological polar surface area (TPSA) is 49.5 Å². The van der Waals surface area contributed by atoms with Crippen molar-refractivity contribution >= 4 is 23.2 Å². The summed E-state index contributed by atoms with van der Waals surface area (Å²) in [6.07, 6.45) is 2.96. The highest BCUT2D eigenvalue weighted by Crippen LogP contribution is 2.25. The van der Waals surface area contributed by atoms with E-state index < -0.39 is 0 Å². The molecule has 2 atom stereocenters. The fraction of sp³-hybridized carbons (Fsp3) is 0.600. The lowest BCUT2D eigenvalue weighted by Crippen LogP contribution is -2.46. The zero-order chi connectivity index (χ0) is 14.5. The maximum atomic E-state index is 8.95. The first-order valence-electron chi connectivity index (χ1n) is 7.11. The molecule has 0 spiro atoms. The van der Waals surface area contributed by atoms with Gasteiger partial charge in [-0.1, -0.05) is 29.3 Å². The predicted molar refractivity (Wildman–Crippen MR) is 84.1 cm³/mol. The van der Waals surface area contributed by atoms with Crippen LogP contribution in [0.15, 0.2) is 18.2 Å².